The van der Waals surface area contributed by atoms with Crippen LogP contribution in [-0.4, -0.2) is 116 Å². The third-order valence-electron chi connectivity index (χ3n) is 4.32. The Hall–Kier alpha value is -0.440. The highest BCUT2D eigenvalue weighted by molar-refractivity contribution is 4.90. The van der Waals surface area contributed by atoms with E-state index in [1.807, 2.05) is 0 Å². The second-order valence-electron chi connectivity index (χ2n) is 6.28. The van der Waals surface area contributed by atoms with Gasteiger partial charge in [-0.3, -0.25) is 0 Å². The molecule has 10 atom stereocenters. The Kier molecular flexibility index (Phi) is 9.79. The Labute approximate surface area is 151 Å². The maximum Gasteiger partial charge on any atom is 0.187 e. The van der Waals surface area contributed by atoms with Crippen LogP contribution in [0.5, 0.6) is 0 Å². The Morgan fingerprint density at radius 2 is 1.58 bits per heavy atom. The van der Waals surface area contributed by atoms with Crippen LogP contribution in [0.3, 0.4) is 0 Å². The molecule has 0 bridgehead atoms. The minimum absolute atomic E-state index is 0.0358. The number of hydrogen-bond acceptors (Lipinski definition) is 11. The van der Waals surface area contributed by atoms with Gasteiger partial charge >= 0.3 is 0 Å². The lowest BCUT2D eigenvalue weighted by Crippen LogP contribution is -2.61. The summed E-state index contributed by atoms with van der Waals surface area (Å²) in [6, 6.07) is 0. The Morgan fingerprint density at radius 1 is 0.962 bits per heavy atom. The van der Waals surface area contributed by atoms with Crippen molar-refractivity contribution in [3.05, 3.63) is 0 Å². The van der Waals surface area contributed by atoms with Crippen molar-refractivity contribution in [2.24, 2.45) is 5.92 Å². The van der Waals surface area contributed by atoms with E-state index in [-0.39, 0.29) is 6.61 Å². The van der Waals surface area contributed by atoms with E-state index in [2.05, 4.69) is 0 Å². The Bertz CT molecular complexity index is 396. The van der Waals surface area contributed by atoms with Crippen molar-refractivity contribution in [3.63, 3.8) is 0 Å². The molecule has 11 nitrogen and oxygen atoms in total. The van der Waals surface area contributed by atoms with Gasteiger partial charge in [-0.15, -0.1) is 0 Å². The molecule has 0 radical (unpaired) electrons. The van der Waals surface area contributed by atoms with E-state index < -0.39 is 74.4 Å². The van der Waals surface area contributed by atoms with Crippen molar-refractivity contribution in [1.29, 1.82) is 0 Å². The summed E-state index contributed by atoms with van der Waals surface area (Å²) in [7, 11) is 0. The predicted octanol–water partition coefficient (Wildman–Crippen LogP) is -4.12. The summed E-state index contributed by atoms with van der Waals surface area (Å²) < 4.78 is 15.5. The quantitative estimate of drug-likeness (QED) is 0.170. The second kappa shape index (κ2) is 10.8. The van der Waals surface area contributed by atoms with Crippen molar-refractivity contribution in [1.82, 2.24) is 0 Å². The fraction of sp³-hybridized carbons (Fsp3) is 1.00. The van der Waals surface area contributed by atoms with Crippen LogP contribution in [0.15, 0.2) is 0 Å². The molecule has 1 aliphatic rings. The van der Waals surface area contributed by atoms with Crippen molar-refractivity contribution in [3.8, 4) is 0 Å². The van der Waals surface area contributed by atoms with Crippen LogP contribution in [0.4, 0.5) is 0 Å². The number of aliphatic hydroxyl groups is 8. The van der Waals surface area contributed by atoms with Crippen LogP contribution < -0.4 is 0 Å². The SMILES string of the molecule is CCOC(O)C(OC1OC(CO)C(O)C(O)C1O)C(O)C(O)C(C)CO. The number of rotatable bonds is 10. The molecule has 1 saturated heterocycles. The average Bonchev–Trinajstić information content (AvgIpc) is 2.63. The summed E-state index contributed by atoms with van der Waals surface area (Å²) in [5, 5.41) is 78.3. The van der Waals surface area contributed by atoms with Crippen LogP contribution in [0.2, 0.25) is 0 Å². The van der Waals surface area contributed by atoms with Crippen molar-refractivity contribution in [2.75, 3.05) is 19.8 Å². The molecule has 8 N–H and O–H groups in total. The van der Waals surface area contributed by atoms with Gasteiger partial charge in [0.2, 0.25) is 0 Å². The summed E-state index contributed by atoms with van der Waals surface area (Å²) in [4.78, 5) is 0. The van der Waals surface area contributed by atoms with Gasteiger partial charge in [-0.2, -0.15) is 0 Å². The molecule has 0 aromatic carbocycles. The third kappa shape index (κ3) is 5.53. The third-order valence-corrected chi connectivity index (χ3v) is 4.32. The zero-order chi connectivity index (χ0) is 20.0. The standard InChI is InChI=1S/C15H30O11/c1-3-24-14(23)13(11(21)8(18)6(2)4-16)26-15-12(22)10(20)9(19)7(5-17)25-15/h6-23H,3-5H2,1-2H3. The van der Waals surface area contributed by atoms with Crippen molar-refractivity contribution in [2.45, 2.75) is 69.2 Å². The number of hydrogen-bond donors (Lipinski definition) is 8. The average molecular weight is 386 g/mol. The molecule has 11 heteroatoms. The van der Waals surface area contributed by atoms with Crippen LogP contribution in [0, 0.1) is 5.92 Å². The number of aliphatic hydroxyl groups excluding tert-OH is 8. The largest absolute Gasteiger partial charge is 0.396 e. The zero-order valence-corrected chi connectivity index (χ0v) is 14.7. The monoisotopic (exact) mass is 386 g/mol. The molecule has 0 aromatic rings. The van der Waals surface area contributed by atoms with Gasteiger partial charge in [0.1, 0.15) is 36.6 Å². The summed E-state index contributed by atoms with van der Waals surface area (Å²) in [6.07, 6.45) is -14.6. The van der Waals surface area contributed by atoms with Gasteiger partial charge in [0.15, 0.2) is 12.6 Å². The zero-order valence-electron chi connectivity index (χ0n) is 14.7. The molecule has 10 unspecified atom stereocenters. The van der Waals surface area contributed by atoms with Crippen molar-refractivity contribution < 1.29 is 55.1 Å². The molecule has 0 amide bonds. The first-order valence-corrected chi connectivity index (χ1v) is 8.42. The first-order valence-electron chi connectivity index (χ1n) is 8.42. The normalized spacial score (nSPS) is 35.5. The lowest BCUT2D eigenvalue weighted by atomic mass is 9.96. The molecule has 156 valence electrons. The van der Waals surface area contributed by atoms with Crippen molar-refractivity contribution >= 4 is 0 Å². The first kappa shape index (κ1) is 23.6. The van der Waals surface area contributed by atoms with Gasteiger partial charge in [-0.1, -0.05) is 6.92 Å². The molecular weight excluding hydrogens is 356 g/mol. The fourth-order valence-corrected chi connectivity index (χ4v) is 2.56. The molecule has 0 aromatic heterocycles. The lowest BCUT2D eigenvalue weighted by molar-refractivity contribution is -0.340. The van der Waals surface area contributed by atoms with E-state index in [4.69, 9.17) is 19.3 Å². The van der Waals surface area contributed by atoms with Gasteiger partial charge in [0, 0.05) is 19.1 Å². The van der Waals surface area contributed by atoms with Gasteiger partial charge in [-0.05, 0) is 6.92 Å². The minimum atomic E-state index is -1.76. The van der Waals surface area contributed by atoms with Crippen LogP contribution in [-0.2, 0) is 14.2 Å². The number of ether oxygens (including phenoxy) is 3. The molecule has 1 fully saturated rings. The van der Waals surface area contributed by atoms with E-state index in [1.165, 1.54) is 6.92 Å². The smallest absolute Gasteiger partial charge is 0.187 e. The van der Waals surface area contributed by atoms with Gasteiger partial charge in [0.05, 0.1) is 12.7 Å². The Morgan fingerprint density at radius 3 is 2.08 bits per heavy atom. The molecular formula is C15H30O11. The molecule has 26 heavy (non-hydrogen) atoms. The minimum Gasteiger partial charge on any atom is -0.396 e. The highest BCUT2D eigenvalue weighted by Gasteiger charge is 2.47. The van der Waals surface area contributed by atoms with Crippen LogP contribution in [0.1, 0.15) is 13.8 Å². The lowest BCUT2D eigenvalue weighted by Gasteiger charge is -2.42. The van der Waals surface area contributed by atoms with Crippen LogP contribution in [0.25, 0.3) is 0 Å². The molecule has 1 heterocycles. The highest BCUT2D eigenvalue weighted by atomic mass is 16.7. The van der Waals surface area contributed by atoms with E-state index in [0.717, 1.165) is 0 Å². The molecule has 1 rings (SSSR count). The maximum atomic E-state index is 10.3. The van der Waals surface area contributed by atoms with Gasteiger partial charge in [-0.25, -0.2) is 0 Å². The Balaban J connectivity index is 2.97. The molecule has 0 spiro atoms. The first-order chi connectivity index (χ1) is 12.2. The molecule has 1 aliphatic heterocycles. The highest BCUT2D eigenvalue weighted by Crippen LogP contribution is 2.26. The van der Waals surface area contributed by atoms with Gasteiger partial charge < -0.3 is 55.1 Å². The van der Waals surface area contributed by atoms with Gasteiger partial charge in [0.25, 0.3) is 0 Å². The topological polar surface area (TPSA) is 190 Å². The fourth-order valence-electron chi connectivity index (χ4n) is 2.56. The predicted molar refractivity (Wildman–Crippen MR) is 84.5 cm³/mol. The molecule has 0 aliphatic carbocycles. The van der Waals surface area contributed by atoms with Crippen LogP contribution >= 0.6 is 0 Å². The van der Waals surface area contributed by atoms with E-state index in [9.17, 15) is 35.7 Å². The molecule has 0 saturated carbocycles. The summed E-state index contributed by atoms with van der Waals surface area (Å²) in [5.74, 6) is -0.764. The summed E-state index contributed by atoms with van der Waals surface area (Å²) in [5.41, 5.74) is 0. The van der Waals surface area contributed by atoms with E-state index in [1.54, 1.807) is 6.92 Å². The van der Waals surface area contributed by atoms with E-state index >= 15 is 0 Å². The maximum absolute atomic E-state index is 10.3. The van der Waals surface area contributed by atoms with E-state index in [0.29, 0.717) is 0 Å². The summed E-state index contributed by atoms with van der Waals surface area (Å²) in [6.45, 7) is 1.92. The summed E-state index contributed by atoms with van der Waals surface area (Å²) >= 11 is 0. The second-order valence-corrected chi connectivity index (χ2v) is 6.28.